The van der Waals surface area contributed by atoms with Crippen molar-refractivity contribution in [1.82, 2.24) is 0 Å². The van der Waals surface area contributed by atoms with E-state index in [1.807, 2.05) is 6.07 Å². The van der Waals surface area contributed by atoms with E-state index in [1.165, 1.54) is 12.1 Å². The molecule has 1 rings (SSSR count). The summed E-state index contributed by atoms with van der Waals surface area (Å²) in [5.74, 6) is 0. The third-order valence-corrected chi connectivity index (χ3v) is 2.53. The van der Waals surface area contributed by atoms with Crippen LogP contribution in [0.15, 0.2) is 12.1 Å². The summed E-state index contributed by atoms with van der Waals surface area (Å²) in [4.78, 5) is 0. The summed E-state index contributed by atoms with van der Waals surface area (Å²) in [6, 6.07) is 4.08. The Morgan fingerprint density at radius 2 is 1.92 bits per heavy atom. The summed E-state index contributed by atoms with van der Waals surface area (Å²) in [6.07, 6.45) is 0. The fourth-order valence-corrected chi connectivity index (χ4v) is 1.61. The highest BCUT2D eigenvalue weighted by atomic mass is 35.5. The minimum absolute atomic E-state index is 0.278. The van der Waals surface area contributed by atoms with Crippen LogP contribution in [0.5, 0.6) is 0 Å². The second-order valence-electron chi connectivity index (χ2n) is 2.40. The average molecular weight is 236 g/mol. The molecule has 0 aromatic heterocycles. The molecule has 0 aliphatic rings. The van der Waals surface area contributed by atoms with Gasteiger partial charge in [0.1, 0.15) is 6.04 Å². The molecule has 0 bridgehead atoms. The molecule has 1 aromatic carbocycles. The van der Waals surface area contributed by atoms with Gasteiger partial charge in [-0.05, 0) is 12.1 Å². The van der Waals surface area contributed by atoms with Gasteiger partial charge in [0.25, 0.3) is 0 Å². The van der Waals surface area contributed by atoms with E-state index in [4.69, 9.17) is 45.8 Å². The topological polar surface area (TPSA) is 49.8 Å². The number of hydrogen-bond donors (Lipinski definition) is 1. The zero-order valence-electron chi connectivity index (χ0n) is 6.39. The van der Waals surface area contributed by atoms with Crippen molar-refractivity contribution in [3.8, 4) is 6.07 Å². The molecule has 2 nitrogen and oxygen atoms in total. The van der Waals surface area contributed by atoms with Gasteiger partial charge in [0.2, 0.25) is 0 Å². The second-order valence-corrected chi connectivity index (χ2v) is 3.62. The van der Waals surface area contributed by atoms with Crippen LogP contribution in [0, 0.1) is 11.3 Å². The highest BCUT2D eigenvalue weighted by Gasteiger charge is 2.12. The molecule has 1 atom stereocenters. The third-order valence-electron chi connectivity index (χ3n) is 1.50. The number of hydrogen-bond acceptors (Lipinski definition) is 2. The van der Waals surface area contributed by atoms with Crippen molar-refractivity contribution in [3.05, 3.63) is 32.8 Å². The number of nitriles is 1. The van der Waals surface area contributed by atoms with Gasteiger partial charge in [0.15, 0.2) is 0 Å². The maximum absolute atomic E-state index is 8.57. The Morgan fingerprint density at radius 3 is 2.46 bits per heavy atom. The van der Waals surface area contributed by atoms with Crippen molar-refractivity contribution in [2.75, 3.05) is 0 Å². The molecular formula is C8H5Cl3N2. The van der Waals surface area contributed by atoms with Crippen LogP contribution >= 0.6 is 34.8 Å². The zero-order valence-corrected chi connectivity index (χ0v) is 8.66. The fraction of sp³-hybridized carbons (Fsp3) is 0.125. The van der Waals surface area contributed by atoms with Crippen molar-refractivity contribution in [1.29, 1.82) is 5.26 Å². The van der Waals surface area contributed by atoms with Crippen molar-refractivity contribution in [3.63, 3.8) is 0 Å². The molecule has 0 aliphatic carbocycles. The fourth-order valence-electron chi connectivity index (χ4n) is 0.872. The van der Waals surface area contributed by atoms with E-state index < -0.39 is 6.04 Å². The summed E-state index contributed by atoms with van der Waals surface area (Å²) >= 11 is 17.3. The lowest BCUT2D eigenvalue weighted by atomic mass is 10.1. The number of benzene rings is 1. The quantitative estimate of drug-likeness (QED) is 0.760. The van der Waals surface area contributed by atoms with Crippen LogP contribution in [-0.2, 0) is 0 Å². The molecule has 13 heavy (non-hydrogen) atoms. The molecule has 0 saturated carbocycles. The minimum atomic E-state index is -0.802. The van der Waals surface area contributed by atoms with E-state index >= 15 is 0 Å². The SMILES string of the molecule is N#C[C@@H](N)c1cc(Cl)cc(Cl)c1Cl. The van der Waals surface area contributed by atoms with Gasteiger partial charge in [-0.15, -0.1) is 0 Å². The van der Waals surface area contributed by atoms with Crippen LogP contribution in [0.2, 0.25) is 15.1 Å². The molecule has 0 saturated heterocycles. The van der Waals surface area contributed by atoms with E-state index in [0.717, 1.165) is 0 Å². The molecular weight excluding hydrogens is 230 g/mol. The molecule has 1 aromatic rings. The maximum Gasteiger partial charge on any atom is 0.120 e. The summed E-state index contributed by atoms with van der Waals surface area (Å²) in [5.41, 5.74) is 5.92. The number of halogens is 3. The van der Waals surface area contributed by atoms with Crippen LogP contribution in [0.1, 0.15) is 11.6 Å². The highest BCUT2D eigenvalue weighted by Crippen LogP contribution is 2.32. The number of nitrogens with zero attached hydrogens (tertiary/aromatic N) is 1. The molecule has 0 spiro atoms. The predicted octanol–water partition coefficient (Wildman–Crippen LogP) is 3.17. The van der Waals surface area contributed by atoms with E-state index in [-0.39, 0.29) is 5.02 Å². The van der Waals surface area contributed by atoms with Crippen LogP contribution in [0.3, 0.4) is 0 Å². The van der Waals surface area contributed by atoms with Crippen LogP contribution in [0.25, 0.3) is 0 Å². The smallest absolute Gasteiger partial charge is 0.120 e. The molecule has 0 fully saturated rings. The highest BCUT2D eigenvalue weighted by molar-refractivity contribution is 6.43. The van der Waals surface area contributed by atoms with E-state index in [9.17, 15) is 0 Å². The van der Waals surface area contributed by atoms with Crippen LogP contribution in [0.4, 0.5) is 0 Å². The molecule has 0 amide bonds. The van der Waals surface area contributed by atoms with Gasteiger partial charge in [-0.2, -0.15) is 5.26 Å². The van der Waals surface area contributed by atoms with Crippen molar-refractivity contribution in [2.24, 2.45) is 5.73 Å². The molecule has 5 heteroatoms. The summed E-state index contributed by atoms with van der Waals surface area (Å²) < 4.78 is 0. The molecule has 0 heterocycles. The maximum atomic E-state index is 8.57. The first-order valence-electron chi connectivity index (χ1n) is 3.36. The molecule has 0 unspecified atom stereocenters. The van der Waals surface area contributed by atoms with Gasteiger partial charge >= 0.3 is 0 Å². The van der Waals surface area contributed by atoms with Crippen molar-refractivity contribution < 1.29 is 0 Å². The van der Waals surface area contributed by atoms with Gasteiger partial charge in [-0.1, -0.05) is 34.8 Å². The first kappa shape index (κ1) is 10.6. The Morgan fingerprint density at radius 1 is 1.31 bits per heavy atom. The van der Waals surface area contributed by atoms with Crippen LogP contribution < -0.4 is 5.73 Å². The summed E-state index contributed by atoms with van der Waals surface area (Å²) in [5, 5.41) is 9.57. The largest absolute Gasteiger partial charge is 0.312 e. The van der Waals surface area contributed by atoms with Gasteiger partial charge in [-0.3, -0.25) is 0 Å². The first-order valence-corrected chi connectivity index (χ1v) is 4.49. The molecule has 68 valence electrons. The van der Waals surface area contributed by atoms with Gasteiger partial charge < -0.3 is 5.73 Å². The van der Waals surface area contributed by atoms with E-state index in [0.29, 0.717) is 15.6 Å². The lowest BCUT2D eigenvalue weighted by molar-refractivity contribution is 0.927. The van der Waals surface area contributed by atoms with Crippen molar-refractivity contribution >= 4 is 34.8 Å². The van der Waals surface area contributed by atoms with Gasteiger partial charge in [0.05, 0.1) is 16.1 Å². The third kappa shape index (κ3) is 2.26. The molecule has 2 N–H and O–H groups in total. The lowest BCUT2D eigenvalue weighted by Crippen LogP contribution is -2.07. The Hall–Kier alpha value is -0.460. The van der Waals surface area contributed by atoms with E-state index in [1.54, 1.807) is 0 Å². The first-order chi connectivity index (χ1) is 6.06. The Bertz CT molecular complexity index is 370. The Labute approximate surface area is 90.8 Å². The zero-order chi connectivity index (χ0) is 10.0. The number of nitrogens with two attached hydrogens (primary N) is 1. The average Bonchev–Trinajstić information content (AvgIpc) is 2.10. The standard InChI is InChI=1S/C8H5Cl3N2/c9-4-1-5(7(13)3-12)8(11)6(10)2-4/h1-2,7H,13H2/t7-/m1/s1. The van der Waals surface area contributed by atoms with E-state index in [2.05, 4.69) is 0 Å². The summed E-state index contributed by atoms with van der Waals surface area (Å²) in [7, 11) is 0. The molecule has 0 radical (unpaired) electrons. The summed E-state index contributed by atoms with van der Waals surface area (Å²) in [6.45, 7) is 0. The monoisotopic (exact) mass is 234 g/mol. The second kappa shape index (κ2) is 4.17. The lowest BCUT2D eigenvalue weighted by Gasteiger charge is -2.07. The molecule has 0 aliphatic heterocycles. The normalized spacial score (nSPS) is 12.2. The van der Waals surface area contributed by atoms with Crippen LogP contribution in [-0.4, -0.2) is 0 Å². The number of rotatable bonds is 1. The van der Waals surface area contributed by atoms with Crippen molar-refractivity contribution in [2.45, 2.75) is 6.04 Å². The minimum Gasteiger partial charge on any atom is -0.312 e. The Balaban J connectivity index is 3.30. The Kier molecular flexibility index (Phi) is 3.40. The van der Waals surface area contributed by atoms with Gasteiger partial charge in [-0.25, -0.2) is 0 Å². The van der Waals surface area contributed by atoms with Gasteiger partial charge in [0, 0.05) is 10.6 Å². The predicted molar refractivity (Wildman–Crippen MR) is 54.0 cm³/mol.